The van der Waals surface area contributed by atoms with Crippen molar-refractivity contribution in [2.75, 3.05) is 18.4 Å². The maximum atomic E-state index is 14.2. The van der Waals surface area contributed by atoms with E-state index in [-0.39, 0.29) is 17.1 Å². The van der Waals surface area contributed by atoms with E-state index in [4.69, 9.17) is 0 Å². The zero-order valence-corrected chi connectivity index (χ0v) is 14.9. The van der Waals surface area contributed by atoms with Gasteiger partial charge in [-0.1, -0.05) is 0 Å². The van der Waals surface area contributed by atoms with Gasteiger partial charge >= 0.3 is 6.18 Å². The average Bonchev–Trinajstić information content (AvgIpc) is 3.21. The van der Waals surface area contributed by atoms with Crippen LogP contribution in [-0.4, -0.2) is 45.7 Å². The van der Waals surface area contributed by atoms with E-state index >= 15 is 0 Å². The second-order valence-electron chi connectivity index (χ2n) is 7.16. The smallest absolute Gasteiger partial charge is 0.328 e. The van der Waals surface area contributed by atoms with Crippen LogP contribution >= 0.6 is 0 Å². The monoisotopic (exact) mass is 430 g/mol. The summed E-state index contributed by atoms with van der Waals surface area (Å²) in [7, 11) is 0. The molecule has 2 amide bonds. The highest BCUT2D eigenvalue weighted by atomic mass is 19.4. The zero-order chi connectivity index (χ0) is 21.9. The van der Waals surface area contributed by atoms with Crippen LogP contribution in [0.15, 0.2) is 30.6 Å². The summed E-state index contributed by atoms with van der Waals surface area (Å²) in [5.41, 5.74) is -3.79. The molecule has 1 saturated carbocycles. The fourth-order valence-corrected chi connectivity index (χ4v) is 3.60. The van der Waals surface area contributed by atoms with Crippen molar-refractivity contribution in [2.45, 2.75) is 23.9 Å². The molecule has 2 heterocycles. The Kier molecular flexibility index (Phi) is 4.30. The van der Waals surface area contributed by atoms with Gasteiger partial charge in [-0.15, -0.1) is 0 Å². The molecule has 1 aromatic heterocycles. The van der Waals surface area contributed by atoms with E-state index in [1.807, 2.05) is 0 Å². The average molecular weight is 430 g/mol. The Morgan fingerprint density at radius 3 is 2.40 bits per heavy atom. The summed E-state index contributed by atoms with van der Waals surface area (Å²) in [4.78, 5) is 32.7. The molecular formula is C18H12F6N4O2. The lowest BCUT2D eigenvalue weighted by Gasteiger charge is -2.34. The predicted molar refractivity (Wildman–Crippen MR) is 89.2 cm³/mol. The second-order valence-corrected chi connectivity index (χ2v) is 7.16. The Labute approximate surface area is 164 Å². The molecule has 1 aromatic carbocycles. The summed E-state index contributed by atoms with van der Waals surface area (Å²) in [6.45, 7) is -1.28. The summed E-state index contributed by atoms with van der Waals surface area (Å²) in [6.07, 6.45) is -3.90. The van der Waals surface area contributed by atoms with Gasteiger partial charge in [0.05, 0.1) is 23.4 Å². The number of anilines is 1. The molecular weight excluding hydrogens is 418 g/mol. The summed E-state index contributed by atoms with van der Waals surface area (Å²) >= 11 is 0. The van der Waals surface area contributed by atoms with Gasteiger partial charge in [-0.05, 0) is 23.8 Å². The van der Waals surface area contributed by atoms with Crippen LogP contribution in [0.5, 0.6) is 0 Å². The number of amides is 2. The van der Waals surface area contributed by atoms with Crippen molar-refractivity contribution < 1.29 is 35.9 Å². The number of hydrogen-bond acceptors (Lipinski definition) is 4. The van der Waals surface area contributed by atoms with Crippen molar-refractivity contribution in [3.63, 3.8) is 0 Å². The summed E-state index contributed by atoms with van der Waals surface area (Å²) in [5, 5.41) is 2.20. The summed E-state index contributed by atoms with van der Waals surface area (Å²) in [5.74, 6) is -5.99. The van der Waals surface area contributed by atoms with Crippen LogP contribution in [0, 0.1) is 5.82 Å². The van der Waals surface area contributed by atoms with E-state index in [0.29, 0.717) is 12.1 Å². The molecule has 158 valence electrons. The van der Waals surface area contributed by atoms with Crippen molar-refractivity contribution in [1.29, 1.82) is 0 Å². The minimum absolute atomic E-state index is 0.257. The van der Waals surface area contributed by atoms with Gasteiger partial charge in [0.1, 0.15) is 6.54 Å². The van der Waals surface area contributed by atoms with Crippen LogP contribution in [0.25, 0.3) is 0 Å². The number of alkyl halides is 5. The third-order valence-electron chi connectivity index (χ3n) is 5.15. The van der Waals surface area contributed by atoms with Crippen molar-refractivity contribution in [2.24, 2.45) is 0 Å². The molecule has 0 bridgehead atoms. The molecule has 1 N–H and O–H groups in total. The maximum absolute atomic E-state index is 14.2. The van der Waals surface area contributed by atoms with Crippen LogP contribution in [-0.2, 0) is 16.4 Å². The molecule has 1 spiro atoms. The predicted octanol–water partition coefficient (Wildman–Crippen LogP) is 3.01. The van der Waals surface area contributed by atoms with E-state index in [1.165, 1.54) is 0 Å². The lowest BCUT2D eigenvalue weighted by molar-refractivity contribution is -0.137. The lowest BCUT2D eigenvalue weighted by Crippen LogP contribution is -2.48. The molecule has 1 fully saturated rings. The van der Waals surface area contributed by atoms with E-state index in [0.717, 1.165) is 23.4 Å². The molecule has 2 aromatic rings. The Bertz CT molecular complexity index is 1040. The number of carbonyl (C=O) groups is 2. The highest BCUT2D eigenvalue weighted by Gasteiger charge is 2.74. The first-order chi connectivity index (χ1) is 13.9. The van der Waals surface area contributed by atoms with Crippen molar-refractivity contribution >= 4 is 17.8 Å². The van der Waals surface area contributed by atoms with Crippen LogP contribution in [0.4, 0.5) is 32.3 Å². The number of nitrogens with one attached hydrogen (secondary N) is 1. The standard InChI is InChI=1S/C18H12F6N4O2/c19-10-4-25-15(26-5-10)27-13(29)6-28-8-16(7-17(16,20)21)12-3-9(18(22,23)24)1-2-11(12)14(28)30/h1-5H,6-8H2,(H,25,26,27,29)/t16-/m1/s1. The Hall–Kier alpha value is -3.18. The quantitative estimate of drug-likeness (QED) is 0.760. The Morgan fingerprint density at radius 1 is 1.20 bits per heavy atom. The molecule has 6 nitrogen and oxygen atoms in total. The molecule has 30 heavy (non-hydrogen) atoms. The number of aromatic nitrogens is 2. The highest BCUT2D eigenvalue weighted by molar-refractivity contribution is 6.01. The first-order valence-corrected chi connectivity index (χ1v) is 8.59. The molecule has 12 heteroatoms. The van der Waals surface area contributed by atoms with Crippen LogP contribution in [0.2, 0.25) is 0 Å². The first kappa shape index (κ1) is 20.1. The SMILES string of the molecule is O=C(CN1C[C@]2(CC2(F)F)c2cc(C(F)(F)F)ccc2C1=O)Nc1ncc(F)cn1. The molecule has 1 aliphatic carbocycles. The normalized spacial score (nSPS) is 22.1. The van der Waals surface area contributed by atoms with Gasteiger partial charge in [-0.3, -0.25) is 14.9 Å². The number of rotatable bonds is 3. The van der Waals surface area contributed by atoms with Gasteiger partial charge in [0.25, 0.3) is 11.8 Å². The Balaban J connectivity index is 1.61. The first-order valence-electron chi connectivity index (χ1n) is 8.59. The number of nitrogens with zero attached hydrogens (tertiary/aromatic N) is 3. The van der Waals surface area contributed by atoms with Gasteiger partial charge in [-0.2, -0.15) is 13.2 Å². The van der Waals surface area contributed by atoms with Gasteiger partial charge in [0.2, 0.25) is 11.9 Å². The molecule has 2 aliphatic rings. The fraction of sp³-hybridized carbons (Fsp3) is 0.333. The fourth-order valence-electron chi connectivity index (χ4n) is 3.60. The molecule has 4 rings (SSSR count). The van der Waals surface area contributed by atoms with E-state index in [2.05, 4.69) is 15.3 Å². The van der Waals surface area contributed by atoms with Gasteiger partial charge in [0.15, 0.2) is 5.82 Å². The van der Waals surface area contributed by atoms with Gasteiger partial charge in [0, 0.05) is 18.5 Å². The number of fused-ring (bicyclic) bond motifs is 2. The lowest BCUT2D eigenvalue weighted by atomic mass is 9.84. The number of carbonyl (C=O) groups excluding carboxylic acids is 2. The molecule has 0 radical (unpaired) electrons. The minimum atomic E-state index is -4.75. The third kappa shape index (κ3) is 3.25. The van der Waals surface area contributed by atoms with Crippen LogP contribution < -0.4 is 5.32 Å². The maximum Gasteiger partial charge on any atom is 0.416 e. The van der Waals surface area contributed by atoms with Gasteiger partial charge < -0.3 is 4.90 Å². The highest BCUT2D eigenvalue weighted by Crippen LogP contribution is 2.64. The second kappa shape index (κ2) is 6.41. The summed E-state index contributed by atoms with van der Waals surface area (Å²) < 4.78 is 80.4. The number of hydrogen-bond donors (Lipinski definition) is 1. The summed E-state index contributed by atoms with van der Waals surface area (Å²) in [6, 6.07) is 2.07. The molecule has 0 saturated heterocycles. The largest absolute Gasteiger partial charge is 0.416 e. The van der Waals surface area contributed by atoms with E-state index in [1.54, 1.807) is 0 Å². The van der Waals surface area contributed by atoms with E-state index in [9.17, 15) is 35.9 Å². The Morgan fingerprint density at radius 2 is 1.83 bits per heavy atom. The van der Waals surface area contributed by atoms with Crippen molar-refractivity contribution in [3.05, 3.63) is 53.1 Å². The molecule has 1 aliphatic heterocycles. The molecule has 0 unspecified atom stereocenters. The van der Waals surface area contributed by atoms with E-state index < -0.39 is 60.2 Å². The third-order valence-corrected chi connectivity index (χ3v) is 5.15. The number of halogens is 6. The van der Waals surface area contributed by atoms with Crippen molar-refractivity contribution in [1.82, 2.24) is 14.9 Å². The minimum Gasteiger partial charge on any atom is -0.328 e. The topological polar surface area (TPSA) is 75.2 Å². The van der Waals surface area contributed by atoms with Crippen LogP contribution in [0.3, 0.4) is 0 Å². The zero-order valence-electron chi connectivity index (χ0n) is 14.9. The number of benzene rings is 1. The van der Waals surface area contributed by atoms with Crippen molar-refractivity contribution in [3.8, 4) is 0 Å². The molecule has 1 atom stereocenters. The van der Waals surface area contributed by atoms with Crippen LogP contribution in [0.1, 0.15) is 27.9 Å². The van der Waals surface area contributed by atoms with Gasteiger partial charge in [-0.25, -0.2) is 23.1 Å².